The molecule has 1 saturated heterocycles. The van der Waals surface area contributed by atoms with E-state index in [0.29, 0.717) is 13.2 Å². The minimum atomic E-state index is -0.319. The summed E-state index contributed by atoms with van der Waals surface area (Å²) < 4.78 is 24.1. The largest absolute Gasteiger partial charge is 0.347 e. The molecule has 4 heteroatoms. The lowest BCUT2D eigenvalue weighted by molar-refractivity contribution is -0.179. The summed E-state index contributed by atoms with van der Waals surface area (Å²) in [6.45, 7) is 1.18. The first-order chi connectivity index (χ1) is 9.72. The molecule has 0 radical (unpaired) electrons. The molecular weight excluding hydrogens is 275 g/mol. The fourth-order valence-corrected chi connectivity index (χ4v) is 2.33. The topological polar surface area (TPSA) is 18.5 Å². The maximum Gasteiger partial charge on any atom is 0.183 e. The van der Waals surface area contributed by atoms with Crippen molar-refractivity contribution in [3.8, 4) is 11.1 Å². The van der Waals surface area contributed by atoms with E-state index in [1.165, 1.54) is 12.1 Å². The van der Waals surface area contributed by atoms with Crippen LogP contribution in [0.25, 0.3) is 11.1 Å². The summed E-state index contributed by atoms with van der Waals surface area (Å²) in [4.78, 5) is 0. The minimum Gasteiger partial charge on any atom is -0.347 e. The lowest BCUT2D eigenvalue weighted by Crippen LogP contribution is -2.27. The second-order valence-electron chi connectivity index (χ2n) is 4.78. The van der Waals surface area contributed by atoms with E-state index in [9.17, 15) is 4.39 Å². The van der Waals surface area contributed by atoms with Crippen LogP contribution in [-0.4, -0.2) is 18.5 Å². The Bertz CT molecular complexity index is 560. The third-order valence-electron chi connectivity index (χ3n) is 3.24. The standard InChI is InChI=1S/C16H15FO2S/c17-14-7-5-12(6-8-14)11-1-3-13(4-2-11)16-18-9-15(20)10-19-16/h1-8,15-16,20H,9-10H2. The molecule has 1 heterocycles. The molecule has 0 aliphatic carbocycles. The van der Waals surface area contributed by atoms with Crippen molar-refractivity contribution in [2.24, 2.45) is 0 Å². The predicted molar refractivity (Wildman–Crippen MR) is 79.3 cm³/mol. The van der Waals surface area contributed by atoms with Gasteiger partial charge in [0.05, 0.1) is 13.2 Å². The molecule has 1 aliphatic rings. The highest BCUT2D eigenvalue weighted by Gasteiger charge is 2.21. The molecular formula is C16H15FO2S. The van der Waals surface area contributed by atoms with Gasteiger partial charge in [0.2, 0.25) is 0 Å². The van der Waals surface area contributed by atoms with Gasteiger partial charge in [0, 0.05) is 10.8 Å². The van der Waals surface area contributed by atoms with Gasteiger partial charge in [-0.25, -0.2) is 4.39 Å². The van der Waals surface area contributed by atoms with Crippen molar-refractivity contribution in [1.82, 2.24) is 0 Å². The molecule has 1 aliphatic heterocycles. The van der Waals surface area contributed by atoms with Gasteiger partial charge < -0.3 is 9.47 Å². The molecule has 0 N–H and O–H groups in total. The molecule has 0 amide bonds. The van der Waals surface area contributed by atoms with E-state index in [1.807, 2.05) is 24.3 Å². The van der Waals surface area contributed by atoms with E-state index >= 15 is 0 Å². The number of benzene rings is 2. The van der Waals surface area contributed by atoms with Gasteiger partial charge in [-0.15, -0.1) is 0 Å². The van der Waals surface area contributed by atoms with Crippen LogP contribution in [0.1, 0.15) is 11.9 Å². The summed E-state index contributed by atoms with van der Waals surface area (Å²) in [6.07, 6.45) is -0.319. The number of hydrogen-bond acceptors (Lipinski definition) is 3. The van der Waals surface area contributed by atoms with Crippen LogP contribution in [0.4, 0.5) is 4.39 Å². The zero-order chi connectivity index (χ0) is 13.9. The van der Waals surface area contributed by atoms with Crippen molar-refractivity contribution in [2.75, 3.05) is 13.2 Å². The summed E-state index contributed by atoms with van der Waals surface area (Å²) in [5.74, 6) is -0.226. The Labute approximate surface area is 122 Å². The summed E-state index contributed by atoms with van der Waals surface area (Å²) in [5.41, 5.74) is 3.01. The monoisotopic (exact) mass is 290 g/mol. The molecule has 104 valence electrons. The Morgan fingerprint density at radius 2 is 1.35 bits per heavy atom. The van der Waals surface area contributed by atoms with E-state index < -0.39 is 0 Å². The fraction of sp³-hybridized carbons (Fsp3) is 0.250. The number of hydrogen-bond donors (Lipinski definition) is 1. The van der Waals surface area contributed by atoms with Crippen LogP contribution in [0.3, 0.4) is 0 Å². The van der Waals surface area contributed by atoms with Crippen LogP contribution < -0.4 is 0 Å². The van der Waals surface area contributed by atoms with Crippen LogP contribution in [0, 0.1) is 5.82 Å². The van der Waals surface area contributed by atoms with Gasteiger partial charge in [0.1, 0.15) is 5.82 Å². The molecule has 20 heavy (non-hydrogen) atoms. The molecule has 2 nitrogen and oxygen atoms in total. The summed E-state index contributed by atoms with van der Waals surface area (Å²) >= 11 is 4.31. The van der Waals surface area contributed by atoms with Crippen LogP contribution in [0.15, 0.2) is 48.5 Å². The van der Waals surface area contributed by atoms with Crippen molar-refractivity contribution in [1.29, 1.82) is 0 Å². The number of halogens is 1. The van der Waals surface area contributed by atoms with Gasteiger partial charge in [-0.3, -0.25) is 0 Å². The molecule has 0 bridgehead atoms. The second kappa shape index (κ2) is 5.95. The quantitative estimate of drug-likeness (QED) is 0.847. The lowest BCUT2D eigenvalue weighted by Gasteiger charge is -2.27. The molecule has 0 spiro atoms. The Hall–Kier alpha value is -1.36. The molecule has 2 aromatic rings. The average Bonchev–Trinajstić information content (AvgIpc) is 2.49. The normalized spacial score (nSPS) is 22.7. The van der Waals surface area contributed by atoms with Crippen molar-refractivity contribution in [3.63, 3.8) is 0 Å². The highest BCUT2D eigenvalue weighted by atomic mass is 32.1. The molecule has 1 fully saturated rings. The SMILES string of the molecule is Fc1ccc(-c2ccc(C3OCC(S)CO3)cc2)cc1. The Morgan fingerprint density at radius 3 is 1.90 bits per heavy atom. The van der Waals surface area contributed by atoms with Crippen molar-refractivity contribution < 1.29 is 13.9 Å². The van der Waals surface area contributed by atoms with Crippen LogP contribution in [-0.2, 0) is 9.47 Å². The van der Waals surface area contributed by atoms with E-state index in [1.54, 1.807) is 12.1 Å². The zero-order valence-corrected chi connectivity index (χ0v) is 11.7. The minimum absolute atomic E-state index is 0.143. The third-order valence-corrected chi connectivity index (χ3v) is 3.54. The number of rotatable bonds is 2. The Morgan fingerprint density at radius 1 is 0.850 bits per heavy atom. The van der Waals surface area contributed by atoms with E-state index in [2.05, 4.69) is 12.6 Å². The zero-order valence-electron chi connectivity index (χ0n) is 10.8. The van der Waals surface area contributed by atoms with E-state index in [4.69, 9.17) is 9.47 Å². The first kappa shape index (κ1) is 13.6. The maximum absolute atomic E-state index is 12.9. The van der Waals surface area contributed by atoms with Gasteiger partial charge >= 0.3 is 0 Å². The van der Waals surface area contributed by atoms with Gasteiger partial charge in [0.25, 0.3) is 0 Å². The molecule has 0 unspecified atom stereocenters. The summed E-state index contributed by atoms with van der Waals surface area (Å²) in [7, 11) is 0. The predicted octanol–water partition coefficient (Wildman–Crippen LogP) is 3.84. The van der Waals surface area contributed by atoms with Crippen LogP contribution >= 0.6 is 12.6 Å². The van der Waals surface area contributed by atoms with Gasteiger partial charge in [-0.2, -0.15) is 12.6 Å². The first-order valence-electron chi connectivity index (χ1n) is 6.49. The molecule has 3 rings (SSSR count). The van der Waals surface area contributed by atoms with Gasteiger partial charge in [-0.1, -0.05) is 36.4 Å². The van der Waals surface area contributed by atoms with Gasteiger partial charge in [0.15, 0.2) is 6.29 Å². The maximum atomic E-state index is 12.9. The fourth-order valence-electron chi connectivity index (χ4n) is 2.16. The van der Waals surface area contributed by atoms with Crippen molar-refractivity contribution >= 4 is 12.6 Å². The van der Waals surface area contributed by atoms with E-state index in [0.717, 1.165) is 16.7 Å². The average molecular weight is 290 g/mol. The van der Waals surface area contributed by atoms with Gasteiger partial charge in [-0.05, 0) is 23.3 Å². The lowest BCUT2D eigenvalue weighted by atomic mass is 10.0. The summed E-state index contributed by atoms with van der Waals surface area (Å²) in [6, 6.07) is 14.4. The molecule has 0 aromatic heterocycles. The first-order valence-corrected chi connectivity index (χ1v) is 7.01. The van der Waals surface area contributed by atoms with Crippen molar-refractivity contribution in [3.05, 3.63) is 59.9 Å². The van der Waals surface area contributed by atoms with Crippen molar-refractivity contribution in [2.45, 2.75) is 11.5 Å². The molecule has 0 saturated carbocycles. The molecule has 0 atom stereocenters. The number of ether oxygens (including phenoxy) is 2. The van der Waals surface area contributed by atoms with E-state index in [-0.39, 0.29) is 17.4 Å². The van der Waals surface area contributed by atoms with Crippen LogP contribution in [0.2, 0.25) is 0 Å². The molecule has 2 aromatic carbocycles. The summed E-state index contributed by atoms with van der Waals surface area (Å²) in [5, 5.41) is 0.143. The Balaban J connectivity index is 1.76. The second-order valence-corrected chi connectivity index (χ2v) is 5.51. The highest BCUT2D eigenvalue weighted by Crippen LogP contribution is 2.27. The highest BCUT2D eigenvalue weighted by molar-refractivity contribution is 7.81. The van der Waals surface area contributed by atoms with Crippen LogP contribution in [0.5, 0.6) is 0 Å². The Kier molecular flexibility index (Phi) is 4.05. The smallest absolute Gasteiger partial charge is 0.183 e. The third kappa shape index (κ3) is 3.03. The number of thiol groups is 1.